The Balaban J connectivity index is 2.03. The fourth-order valence-electron chi connectivity index (χ4n) is 1.83. The van der Waals surface area contributed by atoms with E-state index in [0.29, 0.717) is 0 Å². The fourth-order valence-corrected chi connectivity index (χ4v) is 2.19. The van der Waals surface area contributed by atoms with Gasteiger partial charge in [0.15, 0.2) is 0 Å². The molecule has 0 fully saturated rings. The summed E-state index contributed by atoms with van der Waals surface area (Å²) in [5.74, 6) is 0. The number of rotatable bonds is 6. The molecule has 0 N–H and O–H groups in total. The largest absolute Gasteiger partial charge is 0.274 e. The van der Waals surface area contributed by atoms with Crippen molar-refractivity contribution in [2.24, 2.45) is 10.3 Å². The molecule has 2 aromatic carbocycles. The first-order chi connectivity index (χ1) is 9.78. The molecule has 20 heavy (non-hydrogen) atoms. The predicted molar refractivity (Wildman–Crippen MR) is 90.8 cm³/mol. The van der Waals surface area contributed by atoms with Crippen LogP contribution in [0.3, 0.4) is 0 Å². The van der Waals surface area contributed by atoms with Crippen molar-refractivity contribution in [1.82, 2.24) is 5.01 Å². The van der Waals surface area contributed by atoms with E-state index in [-0.39, 0.29) is 0 Å². The summed E-state index contributed by atoms with van der Waals surface area (Å²) in [6, 6.07) is 18.4. The minimum atomic E-state index is 0.794. The van der Waals surface area contributed by atoms with E-state index in [4.69, 9.17) is 0 Å². The fraction of sp³-hybridized carbons (Fsp3) is 0.250. The Kier molecular flexibility index (Phi) is 5.98. The number of hydrogen-bond donors (Lipinski definition) is 0. The first-order valence-corrected chi connectivity index (χ1v) is 7.82. The van der Waals surface area contributed by atoms with Crippen LogP contribution in [0.25, 0.3) is 0 Å². The topological polar surface area (TPSA) is 28.0 Å². The number of benzene rings is 2. The summed E-state index contributed by atoms with van der Waals surface area (Å²) in [6.07, 6.45) is 1.05. The molecular formula is C16H18IN3. The number of nitrogens with zero attached hydrogens (tertiary/aromatic N) is 3. The van der Waals surface area contributed by atoms with Gasteiger partial charge in [-0.25, -0.2) is 0 Å². The van der Waals surface area contributed by atoms with Crippen molar-refractivity contribution >= 4 is 28.3 Å². The van der Waals surface area contributed by atoms with E-state index in [9.17, 15) is 0 Å². The minimum Gasteiger partial charge on any atom is -0.274 e. The van der Waals surface area contributed by atoms with Crippen LogP contribution in [0.5, 0.6) is 0 Å². The maximum Gasteiger partial charge on any atom is 0.0874 e. The lowest BCUT2D eigenvalue weighted by atomic mass is 10.2. The second kappa shape index (κ2) is 7.99. The van der Waals surface area contributed by atoms with Crippen molar-refractivity contribution in [3.05, 3.63) is 63.7 Å². The van der Waals surface area contributed by atoms with E-state index >= 15 is 0 Å². The molecule has 0 saturated heterocycles. The molecule has 0 radical (unpaired) electrons. The Labute approximate surface area is 133 Å². The van der Waals surface area contributed by atoms with Gasteiger partial charge in [0.2, 0.25) is 0 Å². The van der Waals surface area contributed by atoms with Crippen molar-refractivity contribution in [2.45, 2.75) is 19.9 Å². The number of halogens is 1. The molecule has 0 spiro atoms. The molecule has 3 nitrogen and oxygen atoms in total. The van der Waals surface area contributed by atoms with Gasteiger partial charge in [0.1, 0.15) is 0 Å². The molecular weight excluding hydrogens is 361 g/mol. The van der Waals surface area contributed by atoms with E-state index in [1.807, 2.05) is 35.3 Å². The standard InChI is InChI=1S/C16H18IN3/c1-2-12-20(13-14-6-4-3-5-7-14)19-18-16-10-8-15(17)9-11-16/h3-11H,2,12-13H2,1H3. The molecule has 0 aromatic heterocycles. The maximum absolute atomic E-state index is 4.36. The van der Waals surface area contributed by atoms with Gasteiger partial charge in [-0.05, 0) is 58.8 Å². The van der Waals surface area contributed by atoms with Crippen LogP contribution in [-0.4, -0.2) is 11.6 Å². The Morgan fingerprint density at radius 3 is 2.35 bits per heavy atom. The molecule has 0 heterocycles. The molecule has 4 heteroatoms. The maximum atomic E-state index is 4.36. The van der Waals surface area contributed by atoms with Crippen LogP contribution in [0, 0.1) is 3.57 Å². The van der Waals surface area contributed by atoms with Gasteiger partial charge in [-0.15, -0.1) is 5.11 Å². The molecule has 104 valence electrons. The van der Waals surface area contributed by atoms with E-state index < -0.39 is 0 Å². The van der Waals surface area contributed by atoms with Gasteiger partial charge in [0.05, 0.1) is 12.2 Å². The average Bonchev–Trinajstić information content (AvgIpc) is 2.48. The van der Waals surface area contributed by atoms with Crippen molar-refractivity contribution in [2.75, 3.05) is 6.54 Å². The summed E-state index contributed by atoms with van der Waals surface area (Å²) >= 11 is 2.28. The monoisotopic (exact) mass is 379 g/mol. The van der Waals surface area contributed by atoms with Gasteiger partial charge in [-0.1, -0.05) is 42.5 Å². The van der Waals surface area contributed by atoms with Crippen molar-refractivity contribution in [1.29, 1.82) is 0 Å². The average molecular weight is 379 g/mol. The lowest BCUT2D eigenvalue weighted by Crippen LogP contribution is -2.17. The highest BCUT2D eigenvalue weighted by atomic mass is 127. The highest BCUT2D eigenvalue weighted by molar-refractivity contribution is 14.1. The van der Waals surface area contributed by atoms with E-state index in [0.717, 1.165) is 25.2 Å². The summed E-state index contributed by atoms with van der Waals surface area (Å²) in [5, 5.41) is 10.7. The van der Waals surface area contributed by atoms with Gasteiger partial charge in [0.25, 0.3) is 0 Å². The first-order valence-electron chi connectivity index (χ1n) is 6.74. The van der Waals surface area contributed by atoms with Crippen molar-refractivity contribution in [3.8, 4) is 0 Å². The second-order valence-electron chi connectivity index (χ2n) is 4.54. The van der Waals surface area contributed by atoms with Crippen LogP contribution >= 0.6 is 22.6 Å². The van der Waals surface area contributed by atoms with Gasteiger partial charge >= 0.3 is 0 Å². The van der Waals surface area contributed by atoms with Gasteiger partial charge in [-0.3, -0.25) is 5.01 Å². The molecule has 0 atom stereocenters. The zero-order valence-electron chi connectivity index (χ0n) is 11.5. The Morgan fingerprint density at radius 2 is 1.70 bits per heavy atom. The molecule has 0 amide bonds. The molecule has 0 saturated carbocycles. The lowest BCUT2D eigenvalue weighted by Gasteiger charge is -2.16. The molecule has 0 bridgehead atoms. The van der Waals surface area contributed by atoms with Gasteiger partial charge in [0, 0.05) is 10.1 Å². The SMILES string of the molecule is CCCN(Cc1ccccc1)N=Nc1ccc(I)cc1. The van der Waals surface area contributed by atoms with Crippen molar-refractivity contribution in [3.63, 3.8) is 0 Å². The number of hydrogen-bond acceptors (Lipinski definition) is 2. The van der Waals surface area contributed by atoms with Crippen LogP contribution < -0.4 is 0 Å². The quantitative estimate of drug-likeness (QED) is 0.385. The van der Waals surface area contributed by atoms with E-state index in [1.54, 1.807) is 0 Å². The summed E-state index contributed by atoms with van der Waals surface area (Å²) in [4.78, 5) is 0. The van der Waals surface area contributed by atoms with E-state index in [1.165, 1.54) is 9.13 Å². The van der Waals surface area contributed by atoms with Gasteiger partial charge < -0.3 is 0 Å². The molecule has 0 aliphatic carbocycles. The second-order valence-corrected chi connectivity index (χ2v) is 5.79. The minimum absolute atomic E-state index is 0.794. The third-order valence-corrected chi connectivity index (χ3v) is 3.52. The third-order valence-electron chi connectivity index (χ3n) is 2.80. The molecule has 0 unspecified atom stereocenters. The molecule has 0 aliphatic rings. The summed E-state index contributed by atoms with van der Waals surface area (Å²) in [6.45, 7) is 3.85. The first kappa shape index (κ1) is 15.0. The third kappa shape index (κ3) is 4.92. The summed E-state index contributed by atoms with van der Waals surface area (Å²) in [5.41, 5.74) is 2.14. The van der Waals surface area contributed by atoms with Crippen LogP contribution in [0.1, 0.15) is 18.9 Å². The summed E-state index contributed by atoms with van der Waals surface area (Å²) in [7, 11) is 0. The highest BCUT2D eigenvalue weighted by Gasteiger charge is 2.01. The molecule has 2 aromatic rings. The lowest BCUT2D eigenvalue weighted by molar-refractivity contribution is 0.262. The summed E-state index contributed by atoms with van der Waals surface area (Å²) < 4.78 is 1.20. The highest BCUT2D eigenvalue weighted by Crippen LogP contribution is 2.16. The van der Waals surface area contributed by atoms with Crippen LogP contribution in [0.15, 0.2) is 64.9 Å². The smallest absolute Gasteiger partial charge is 0.0874 e. The Morgan fingerprint density at radius 1 is 1.00 bits per heavy atom. The zero-order chi connectivity index (χ0) is 14.2. The van der Waals surface area contributed by atoms with Crippen LogP contribution in [-0.2, 0) is 6.54 Å². The predicted octanol–water partition coefficient (Wildman–Crippen LogP) is 5.20. The molecule has 2 rings (SSSR count). The zero-order valence-corrected chi connectivity index (χ0v) is 13.7. The Hall–Kier alpha value is -1.43. The van der Waals surface area contributed by atoms with Crippen molar-refractivity contribution < 1.29 is 0 Å². The molecule has 0 aliphatic heterocycles. The van der Waals surface area contributed by atoms with Crippen LogP contribution in [0.2, 0.25) is 0 Å². The normalized spacial score (nSPS) is 10.9. The van der Waals surface area contributed by atoms with Crippen LogP contribution in [0.4, 0.5) is 5.69 Å². The van der Waals surface area contributed by atoms with Gasteiger partial charge in [-0.2, -0.15) is 0 Å². The van der Waals surface area contributed by atoms with E-state index in [2.05, 4.69) is 64.1 Å². The Bertz CT molecular complexity index is 537.